The van der Waals surface area contributed by atoms with E-state index in [1.54, 1.807) is 24.6 Å². The molecule has 4 rings (SSSR count). The molecule has 1 aromatic carbocycles. The van der Waals surface area contributed by atoms with Gasteiger partial charge < -0.3 is 15.4 Å². The van der Waals surface area contributed by atoms with E-state index in [1.165, 1.54) is 5.56 Å². The Morgan fingerprint density at radius 3 is 2.82 bits per heavy atom. The van der Waals surface area contributed by atoms with Gasteiger partial charge in [-0.1, -0.05) is 41.9 Å². The van der Waals surface area contributed by atoms with Gasteiger partial charge >= 0.3 is 0 Å². The third-order valence-corrected chi connectivity index (χ3v) is 6.89. The van der Waals surface area contributed by atoms with E-state index in [4.69, 9.17) is 21.3 Å². The lowest BCUT2D eigenvalue weighted by atomic mass is 9.87. The smallest absolute Gasteiger partial charge is 0.183 e. The maximum absolute atomic E-state index is 6.48. The lowest BCUT2D eigenvalue weighted by Gasteiger charge is -2.27. The Morgan fingerprint density at radius 1 is 1.21 bits per heavy atom. The van der Waals surface area contributed by atoms with Crippen molar-refractivity contribution in [2.75, 3.05) is 30.9 Å². The van der Waals surface area contributed by atoms with Crippen LogP contribution in [0.15, 0.2) is 53.0 Å². The van der Waals surface area contributed by atoms with E-state index in [0.29, 0.717) is 23.6 Å². The lowest BCUT2D eigenvalue weighted by Crippen LogP contribution is -2.27. The quantitative estimate of drug-likeness (QED) is 0.267. The van der Waals surface area contributed by atoms with Gasteiger partial charge in [0.25, 0.3) is 0 Å². The summed E-state index contributed by atoms with van der Waals surface area (Å²) < 4.78 is 5.05. The standard InChI is InChI=1S/C25H30ClN5OS/c1-32-12-11-27-14-19-7-9-20(10-8-19)30-24-13-21(22(26)16-28-24)23-17-33-25(31-23)29-15-18-5-3-2-4-6-18/h2-6,13-14,16-17,19-20H,7-12,15H2,1H3,(H,28,30)(H,29,31)/b27-14+. The number of anilines is 2. The van der Waals surface area contributed by atoms with Crippen LogP contribution in [0.25, 0.3) is 11.3 Å². The maximum Gasteiger partial charge on any atom is 0.183 e. The number of hydrogen-bond donors (Lipinski definition) is 2. The molecule has 0 aliphatic heterocycles. The summed E-state index contributed by atoms with van der Waals surface area (Å²) in [6, 6.07) is 12.7. The molecule has 3 aromatic rings. The summed E-state index contributed by atoms with van der Waals surface area (Å²) in [5.74, 6) is 1.41. The molecule has 2 aromatic heterocycles. The molecule has 0 saturated heterocycles. The Labute approximate surface area is 204 Å². The van der Waals surface area contributed by atoms with Gasteiger partial charge in [-0.05, 0) is 43.2 Å². The zero-order valence-electron chi connectivity index (χ0n) is 18.8. The summed E-state index contributed by atoms with van der Waals surface area (Å²) in [4.78, 5) is 13.7. The number of pyridine rings is 1. The Kier molecular flexibility index (Phi) is 8.69. The van der Waals surface area contributed by atoms with E-state index in [9.17, 15) is 0 Å². The maximum atomic E-state index is 6.48. The first-order chi connectivity index (χ1) is 16.2. The number of rotatable bonds is 10. The number of ether oxygens (including phenoxy) is 1. The van der Waals surface area contributed by atoms with Crippen molar-refractivity contribution in [1.82, 2.24) is 9.97 Å². The van der Waals surface area contributed by atoms with Crippen LogP contribution < -0.4 is 10.6 Å². The number of nitrogens with zero attached hydrogens (tertiary/aromatic N) is 3. The third-order valence-electron chi connectivity index (χ3n) is 5.79. The minimum absolute atomic E-state index is 0.411. The van der Waals surface area contributed by atoms with E-state index >= 15 is 0 Å². The Morgan fingerprint density at radius 2 is 2.03 bits per heavy atom. The summed E-state index contributed by atoms with van der Waals surface area (Å²) in [5, 5.41) is 10.5. The number of benzene rings is 1. The average molecular weight is 484 g/mol. The van der Waals surface area contributed by atoms with Crippen LogP contribution in [-0.2, 0) is 11.3 Å². The number of nitrogens with one attached hydrogen (secondary N) is 2. The first kappa shape index (κ1) is 23.7. The van der Waals surface area contributed by atoms with E-state index < -0.39 is 0 Å². The number of methoxy groups -OCH3 is 1. The summed E-state index contributed by atoms with van der Waals surface area (Å²) in [7, 11) is 1.71. The Balaban J connectivity index is 1.33. The van der Waals surface area contributed by atoms with Crippen LogP contribution >= 0.6 is 22.9 Å². The minimum atomic E-state index is 0.411. The molecule has 174 valence electrons. The molecule has 8 heteroatoms. The molecular weight excluding hydrogens is 454 g/mol. The number of aromatic nitrogens is 2. The predicted octanol–water partition coefficient (Wildman–Crippen LogP) is 6.16. The molecule has 6 nitrogen and oxygen atoms in total. The highest BCUT2D eigenvalue weighted by molar-refractivity contribution is 7.14. The number of halogens is 1. The van der Waals surface area contributed by atoms with Crippen molar-refractivity contribution in [1.29, 1.82) is 0 Å². The summed E-state index contributed by atoms with van der Waals surface area (Å²) in [6.45, 7) is 2.16. The molecule has 1 aliphatic carbocycles. The van der Waals surface area contributed by atoms with Crippen molar-refractivity contribution in [2.24, 2.45) is 10.9 Å². The molecule has 0 spiro atoms. The molecule has 1 saturated carbocycles. The van der Waals surface area contributed by atoms with Crippen molar-refractivity contribution in [2.45, 2.75) is 38.3 Å². The molecule has 2 heterocycles. The fraction of sp³-hybridized carbons (Fsp3) is 0.400. The van der Waals surface area contributed by atoms with Crippen molar-refractivity contribution in [3.63, 3.8) is 0 Å². The number of thiazole rings is 1. The van der Waals surface area contributed by atoms with Crippen LogP contribution in [0, 0.1) is 5.92 Å². The van der Waals surface area contributed by atoms with Crippen molar-refractivity contribution in [3.8, 4) is 11.3 Å². The van der Waals surface area contributed by atoms with Crippen LogP contribution in [0.2, 0.25) is 5.02 Å². The zero-order valence-corrected chi connectivity index (χ0v) is 20.4. The Bertz CT molecular complexity index is 1030. The van der Waals surface area contributed by atoms with Gasteiger partial charge in [0, 0.05) is 43.1 Å². The molecule has 33 heavy (non-hydrogen) atoms. The topological polar surface area (TPSA) is 71.4 Å². The van der Waals surface area contributed by atoms with Gasteiger partial charge in [0.05, 0.1) is 23.9 Å². The Hall–Kier alpha value is -2.48. The van der Waals surface area contributed by atoms with E-state index in [1.807, 2.05) is 29.6 Å². The second-order valence-electron chi connectivity index (χ2n) is 8.23. The van der Waals surface area contributed by atoms with Crippen molar-refractivity contribution in [3.05, 3.63) is 58.6 Å². The van der Waals surface area contributed by atoms with Crippen LogP contribution in [-0.4, -0.2) is 42.5 Å². The highest BCUT2D eigenvalue weighted by atomic mass is 35.5. The molecule has 0 radical (unpaired) electrons. The second kappa shape index (κ2) is 12.1. The fourth-order valence-corrected chi connectivity index (χ4v) is 4.87. The molecule has 1 fully saturated rings. The molecule has 0 unspecified atom stereocenters. The third kappa shape index (κ3) is 7.00. The van der Waals surface area contributed by atoms with Crippen molar-refractivity contribution < 1.29 is 4.74 Å². The highest BCUT2D eigenvalue weighted by Crippen LogP contribution is 2.33. The normalized spacial score (nSPS) is 18.5. The largest absolute Gasteiger partial charge is 0.383 e. The van der Waals surface area contributed by atoms with Gasteiger partial charge in [-0.15, -0.1) is 11.3 Å². The fourth-order valence-electron chi connectivity index (χ4n) is 3.96. The van der Waals surface area contributed by atoms with Gasteiger partial charge in [-0.25, -0.2) is 9.97 Å². The first-order valence-corrected chi connectivity index (χ1v) is 12.6. The summed E-state index contributed by atoms with van der Waals surface area (Å²) in [6.07, 6.45) is 8.30. The van der Waals surface area contributed by atoms with E-state index in [2.05, 4.69) is 39.0 Å². The molecule has 0 bridgehead atoms. The van der Waals surface area contributed by atoms with Crippen molar-refractivity contribution >= 4 is 40.1 Å². The average Bonchev–Trinajstić information content (AvgIpc) is 3.32. The monoisotopic (exact) mass is 483 g/mol. The van der Waals surface area contributed by atoms with Crippen LogP contribution in [0.1, 0.15) is 31.2 Å². The van der Waals surface area contributed by atoms with Gasteiger partial charge in [0.1, 0.15) is 5.82 Å². The number of aliphatic imine (C=N–C) groups is 1. The van der Waals surface area contributed by atoms with Crippen LogP contribution in [0.5, 0.6) is 0 Å². The summed E-state index contributed by atoms with van der Waals surface area (Å²) >= 11 is 8.06. The SMILES string of the molecule is COCC/N=C/C1CCC(Nc2cc(-c3csc(NCc4ccccc4)n3)c(Cl)cn2)CC1. The second-order valence-corrected chi connectivity index (χ2v) is 9.50. The predicted molar refractivity (Wildman–Crippen MR) is 139 cm³/mol. The molecule has 2 N–H and O–H groups in total. The molecule has 0 atom stereocenters. The molecule has 1 aliphatic rings. The van der Waals surface area contributed by atoms with Crippen LogP contribution in [0.4, 0.5) is 10.9 Å². The molecular formula is C25H30ClN5OS. The first-order valence-electron chi connectivity index (χ1n) is 11.4. The van der Waals surface area contributed by atoms with Gasteiger partial charge in [-0.2, -0.15) is 0 Å². The highest BCUT2D eigenvalue weighted by Gasteiger charge is 2.20. The van der Waals surface area contributed by atoms with E-state index in [0.717, 1.165) is 61.0 Å². The van der Waals surface area contributed by atoms with Gasteiger partial charge in [0.15, 0.2) is 5.13 Å². The zero-order chi connectivity index (χ0) is 22.9. The van der Waals surface area contributed by atoms with Gasteiger partial charge in [0.2, 0.25) is 0 Å². The van der Waals surface area contributed by atoms with Crippen LogP contribution in [0.3, 0.4) is 0 Å². The lowest BCUT2D eigenvalue weighted by molar-refractivity contribution is 0.208. The van der Waals surface area contributed by atoms with Gasteiger partial charge in [-0.3, -0.25) is 4.99 Å². The minimum Gasteiger partial charge on any atom is -0.383 e. The molecule has 0 amide bonds. The number of hydrogen-bond acceptors (Lipinski definition) is 7. The van der Waals surface area contributed by atoms with E-state index in [-0.39, 0.29) is 0 Å². The summed E-state index contributed by atoms with van der Waals surface area (Å²) in [5.41, 5.74) is 2.98.